The SMILES string of the molecule is NC(=O)CSc1nc2[nH]ncc2c(=O)[nH]1. The van der Waals surface area contributed by atoms with E-state index in [0.717, 1.165) is 11.8 Å². The molecule has 0 aliphatic heterocycles. The first-order valence-electron chi connectivity index (χ1n) is 4.01. The number of nitrogens with zero attached hydrogens (tertiary/aromatic N) is 2. The molecule has 2 aromatic heterocycles. The Labute approximate surface area is 87.5 Å². The second-order valence-electron chi connectivity index (χ2n) is 2.76. The zero-order valence-electron chi connectivity index (χ0n) is 7.48. The molecular formula is C7H7N5O2S. The topological polar surface area (TPSA) is 118 Å². The summed E-state index contributed by atoms with van der Waals surface area (Å²) in [5, 5.41) is 7.00. The summed E-state index contributed by atoms with van der Waals surface area (Å²) in [6, 6.07) is 0. The van der Waals surface area contributed by atoms with Crippen molar-refractivity contribution in [2.75, 3.05) is 5.75 Å². The minimum Gasteiger partial charge on any atom is -0.369 e. The van der Waals surface area contributed by atoms with Crippen molar-refractivity contribution in [3.63, 3.8) is 0 Å². The summed E-state index contributed by atoms with van der Waals surface area (Å²) in [5.41, 5.74) is 5.07. The summed E-state index contributed by atoms with van der Waals surface area (Å²) in [5.74, 6) is -0.393. The first-order valence-corrected chi connectivity index (χ1v) is 5.00. The smallest absolute Gasteiger partial charge is 0.262 e. The van der Waals surface area contributed by atoms with Crippen molar-refractivity contribution in [2.24, 2.45) is 5.73 Å². The maximum Gasteiger partial charge on any atom is 0.262 e. The molecule has 0 aromatic carbocycles. The molecule has 78 valence electrons. The summed E-state index contributed by atoms with van der Waals surface area (Å²) in [7, 11) is 0. The highest BCUT2D eigenvalue weighted by Crippen LogP contribution is 2.12. The average Bonchev–Trinajstić information content (AvgIpc) is 2.63. The third kappa shape index (κ3) is 1.99. The Morgan fingerprint density at radius 1 is 1.60 bits per heavy atom. The predicted octanol–water partition coefficient (Wildman–Crippen LogP) is -0.776. The lowest BCUT2D eigenvalue weighted by Gasteiger charge is -1.97. The fraction of sp³-hybridized carbons (Fsp3) is 0.143. The molecule has 2 aromatic rings. The number of primary amides is 1. The summed E-state index contributed by atoms with van der Waals surface area (Å²) < 4.78 is 0. The van der Waals surface area contributed by atoms with Crippen molar-refractivity contribution in [3.05, 3.63) is 16.6 Å². The van der Waals surface area contributed by atoms with Gasteiger partial charge in [-0.3, -0.25) is 14.7 Å². The number of carbonyl (C=O) groups is 1. The van der Waals surface area contributed by atoms with E-state index in [-0.39, 0.29) is 11.3 Å². The van der Waals surface area contributed by atoms with E-state index in [1.54, 1.807) is 0 Å². The summed E-state index contributed by atoms with van der Waals surface area (Å²) in [4.78, 5) is 28.5. The Hall–Kier alpha value is -1.83. The molecule has 4 N–H and O–H groups in total. The number of fused-ring (bicyclic) bond motifs is 1. The van der Waals surface area contributed by atoms with E-state index < -0.39 is 5.91 Å². The number of aromatic nitrogens is 4. The third-order valence-electron chi connectivity index (χ3n) is 1.65. The van der Waals surface area contributed by atoms with Crippen LogP contribution in [0.25, 0.3) is 11.0 Å². The zero-order chi connectivity index (χ0) is 10.8. The van der Waals surface area contributed by atoms with Crippen LogP contribution in [0.15, 0.2) is 16.1 Å². The zero-order valence-corrected chi connectivity index (χ0v) is 8.30. The van der Waals surface area contributed by atoms with Crippen LogP contribution in [-0.4, -0.2) is 31.8 Å². The highest BCUT2D eigenvalue weighted by Gasteiger charge is 2.06. The lowest BCUT2D eigenvalue weighted by atomic mass is 10.4. The Morgan fingerprint density at radius 3 is 3.13 bits per heavy atom. The Kier molecular flexibility index (Phi) is 2.42. The van der Waals surface area contributed by atoms with E-state index in [1.165, 1.54) is 6.20 Å². The molecule has 2 heterocycles. The van der Waals surface area contributed by atoms with Gasteiger partial charge in [-0.15, -0.1) is 0 Å². The normalized spacial score (nSPS) is 10.7. The van der Waals surface area contributed by atoms with Crippen LogP contribution in [0.4, 0.5) is 0 Å². The van der Waals surface area contributed by atoms with Gasteiger partial charge < -0.3 is 10.7 Å². The van der Waals surface area contributed by atoms with E-state index >= 15 is 0 Å². The third-order valence-corrected chi connectivity index (χ3v) is 2.54. The highest BCUT2D eigenvalue weighted by atomic mass is 32.2. The van der Waals surface area contributed by atoms with Crippen molar-refractivity contribution < 1.29 is 4.79 Å². The number of amides is 1. The monoisotopic (exact) mass is 225 g/mol. The predicted molar refractivity (Wildman–Crippen MR) is 54.4 cm³/mol. The van der Waals surface area contributed by atoms with Crippen molar-refractivity contribution in [1.29, 1.82) is 0 Å². The van der Waals surface area contributed by atoms with Gasteiger partial charge in [0, 0.05) is 0 Å². The summed E-state index contributed by atoms with van der Waals surface area (Å²) in [6.45, 7) is 0. The summed E-state index contributed by atoms with van der Waals surface area (Å²) >= 11 is 1.07. The van der Waals surface area contributed by atoms with Crippen LogP contribution in [0.1, 0.15) is 0 Å². The van der Waals surface area contributed by atoms with Gasteiger partial charge in [0.15, 0.2) is 10.8 Å². The molecule has 0 bridgehead atoms. The van der Waals surface area contributed by atoms with Gasteiger partial charge in [-0.1, -0.05) is 11.8 Å². The fourth-order valence-electron chi connectivity index (χ4n) is 1.03. The lowest BCUT2D eigenvalue weighted by molar-refractivity contribution is -0.115. The van der Waals surface area contributed by atoms with Crippen LogP contribution < -0.4 is 11.3 Å². The second-order valence-corrected chi connectivity index (χ2v) is 3.72. The molecule has 0 atom stereocenters. The number of nitrogens with one attached hydrogen (secondary N) is 2. The molecular weight excluding hydrogens is 218 g/mol. The Bertz CT molecular complexity index is 560. The molecule has 0 spiro atoms. The van der Waals surface area contributed by atoms with Gasteiger partial charge in [-0.25, -0.2) is 4.98 Å². The first-order chi connectivity index (χ1) is 7.16. The van der Waals surface area contributed by atoms with Crippen LogP contribution in [0.5, 0.6) is 0 Å². The average molecular weight is 225 g/mol. The number of nitrogens with two attached hydrogens (primary N) is 1. The van der Waals surface area contributed by atoms with E-state index in [2.05, 4.69) is 20.2 Å². The number of hydrogen-bond acceptors (Lipinski definition) is 5. The number of hydrogen-bond donors (Lipinski definition) is 3. The van der Waals surface area contributed by atoms with Crippen molar-refractivity contribution >= 4 is 28.7 Å². The van der Waals surface area contributed by atoms with E-state index in [1.807, 2.05) is 0 Å². The maximum atomic E-state index is 11.4. The van der Waals surface area contributed by atoms with Gasteiger partial charge in [0.25, 0.3) is 5.56 Å². The standard InChI is InChI=1S/C7H7N5O2S/c8-4(13)2-15-7-10-5-3(1-9-12-5)6(14)11-7/h1H,2H2,(H2,8,13)(H2,9,10,11,12,14). The van der Waals surface area contributed by atoms with Crippen LogP contribution in [-0.2, 0) is 4.79 Å². The van der Waals surface area contributed by atoms with E-state index in [0.29, 0.717) is 16.2 Å². The number of aromatic amines is 2. The van der Waals surface area contributed by atoms with Gasteiger partial charge >= 0.3 is 0 Å². The molecule has 15 heavy (non-hydrogen) atoms. The molecule has 1 amide bonds. The van der Waals surface area contributed by atoms with Crippen LogP contribution in [0, 0.1) is 0 Å². The van der Waals surface area contributed by atoms with Crippen molar-refractivity contribution in [2.45, 2.75) is 5.16 Å². The first kappa shape index (κ1) is 9.71. The highest BCUT2D eigenvalue weighted by molar-refractivity contribution is 7.99. The van der Waals surface area contributed by atoms with E-state index in [4.69, 9.17) is 5.73 Å². The van der Waals surface area contributed by atoms with Crippen molar-refractivity contribution in [1.82, 2.24) is 20.2 Å². The largest absolute Gasteiger partial charge is 0.369 e. The number of thioether (sulfide) groups is 1. The molecule has 2 rings (SSSR count). The minimum atomic E-state index is -0.465. The Balaban J connectivity index is 2.36. The molecule has 7 nitrogen and oxygen atoms in total. The quantitative estimate of drug-likeness (QED) is 0.468. The molecule has 0 saturated carbocycles. The fourth-order valence-corrected chi connectivity index (χ4v) is 1.63. The number of rotatable bonds is 3. The molecule has 8 heteroatoms. The number of H-pyrrole nitrogens is 2. The minimum absolute atomic E-state index is 0.0720. The van der Waals surface area contributed by atoms with Gasteiger partial charge in [0.1, 0.15) is 5.39 Å². The molecule has 0 aliphatic rings. The van der Waals surface area contributed by atoms with Crippen molar-refractivity contribution in [3.8, 4) is 0 Å². The van der Waals surface area contributed by atoms with Gasteiger partial charge in [0.05, 0.1) is 11.9 Å². The summed E-state index contributed by atoms with van der Waals surface area (Å²) in [6.07, 6.45) is 1.39. The number of carbonyl (C=O) groups excluding carboxylic acids is 1. The van der Waals surface area contributed by atoms with Gasteiger partial charge in [-0.2, -0.15) is 5.10 Å². The Morgan fingerprint density at radius 2 is 2.40 bits per heavy atom. The molecule has 0 unspecified atom stereocenters. The molecule has 0 radical (unpaired) electrons. The van der Waals surface area contributed by atoms with E-state index in [9.17, 15) is 9.59 Å². The molecule has 0 fully saturated rings. The van der Waals surface area contributed by atoms with Crippen LogP contribution in [0.3, 0.4) is 0 Å². The van der Waals surface area contributed by atoms with Crippen LogP contribution >= 0.6 is 11.8 Å². The second kappa shape index (κ2) is 3.73. The van der Waals surface area contributed by atoms with Gasteiger partial charge in [0.2, 0.25) is 5.91 Å². The van der Waals surface area contributed by atoms with Crippen LogP contribution in [0.2, 0.25) is 0 Å². The maximum absolute atomic E-state index is 11.4. The van der Waals surface area contributed by atoms with Gasteiger partial charge in [-0.05, 0) is 0 Å². The lowest BCUT2D eigenvalue weighted by Crippen LogP contribution is -2.14. The molecule has 0 saturated heterocycles. The molecule has 0 aliphatic carbocycles.